The second-order valence-corrected chi connectivity index (χ2v) is 6.77. The predicted octanol–water partition coefficient (Wildman–Crippen LogP) is 2.47. The second-order valence-electron chi connectivity index (χ2n) is 6.77. The number of hydrogen-bond donors (Lipinski definition) is 2. The Morgan fingerprint density at radius 3 is 2.65 bits per heavy atom. The van der Waals surface area contributed by atoms with E-state index in [1.165, 1.54) is 5.56 Å². The van der Waals surface area contributed by atoms with Gasteiger partial charge in [0, 0.05) is 18.5 Å². The minimum atomic E-state index is -0.259. The molecule has 2 N–H and O–H groups in total. The Hall–Kier alpha value is -1.35. The van der Waals surface area contributed by atoms with Crippen molar-refractivity contribution in [2.45, 2.75) is 39.0 Å². The summed E-state index contributed by atoms with van der Waals surface area (Å²) >= 11 is 0. The normalized spacial score (nSPS) is 23.4. The zero-order valence-electron chi connectivity index (χ0n) is 12.8. The van der Waals surface area contributed by atoms with Gasteiger partial charge in [0.2, 0.25) is 5.91 Å². The Balaban J connectivity index is 1.96. The molecule has 0 saturated carbocycles. The smallest absolute Gasteiger partial charge is 0.227 e. The summed E-state index contributed by atoms with van der Waals surface area (Å²) in [7, 11) is 0. The van der Waals surface area contributed by atoms with E-state index in [1.54, 1.807) is 0 Å². The van der Waals surface area contributed by atoms with Crippen LogP contribution in [0.25, 0.3) is 0 Å². The lowest BCUT2D eigenvalue weighted by molar-refractivity contribution is -0.131. The van der Waals surface area contributed by atoms with Gasteiger partial charge in [-0.1, -0.05) is 44.2 Å². The predicted molar refractivity (Wildman–Crippen MR) is 82.7 cm³/mol. The largest absolute Gasteiger partial charge is 0.355 e. The molecule has 1 aliphatic rings. The molecule has 0 aliphatic carbocycles. The van der Waals surface area contributed by atoms with Gasteiger partial charge in [0.15, 0.2) is 0 Å². The maximum atomic E-state index is 12.4. The zero-order valence-corrected chi connectivity index (χ0v) is 12.8. The van der Waals surface area contributed by atoms with Crippen LogP contribution in [0.2, 0.25) is 0 Å². The molecular weight excluding hydrogens is 248 g/mol. The third-order valence-corrected chi connectivity index (χ3v) is 4.39. The van der Waals surface area contributed by atoms with Crippen LogP contribution >= 0.6 is 0 Å². The molecule has 1 fully saturated rings. The number of carbonyl (C=O) groups excluding carboxylic acids is 1. The molecule has 1 amide bonds. The van der Waals surface area contributed by atoms with Crippen molar-refractivity contribution in [1.82, 2.24) is 10.6 Å². The van der Waals surface area contributed by atoms with Crippen LogP contribution in [0.15, 0.2) is 30.3 Å². The number of piperidine rings is 1. The maximum Gasteiger partial charge on any atom is 0.227 e. The zero-order chi connectivity index (χ0) is 14.6. The number of nitrogens with one attached hydrogen (secondary N) is 2. The standard InChI is InChI=1S/C17H26N2O/c1-16(2,14-8-5-4-6-9-14)12-19-15(20)17(3)10-7-11-18-13-17/h4-6,8-9,18H,7,10-13H2,1-3H3,(H,19,20). The molecule has 1 aromatic carbocycles. The van der Waals surface area contributed by atoms with Crippen LogP contribution in [0, 0.1) is 5.41 Å². The summed E-state index contributed by atoms with van der Waals surface area (Å²) in [5.41, 5.74) is 0.952. The Bertz CT molecular complexity index is 447. The summed E-state index contributed by atoms with van der Waals surface area (Å²) in [6, 6.07) is 10.4. The average molecular weight is 274 g/mol. The van der Waals surface area contributed by atoms with Crippen molar-refractivity contribution in [3.63, 3.8) is 0 Å². The van der Waals surface area contributed by atoms with Crippen molar-refractivity contribution >= 4 is 5.91 Å². The van der Waals surface area contributed by atoms with Gasteiger partial charge in [0.25, 0.3) is 0 Å². The Kier molecular flexibility index (Phi) is 4.48. The van der Waals surface area contributed by atoms with Crippen LogP contribution in [0.5, 0.6) is 0 Å². The highest BCUT2D eigenvalue weighted by Gasteiger charge is 2.35. The molecule has 3 heteroatoms. The highest BCUT2D eigenvalue weighted by molar-refractivity contribution is 5.82. The lowest BCUT2D eigenvalue weighted by Crippen LogP contribution is -2.50. The van der Waals surface area contributed by atoms with E-state index in [1.807, 2.05) is 18.2 Å². The highest BCUT2D eigenvalue weighted by atomic mass is 16.2. The first kappa shape index (κ1) is 15.0. The van der Waals surface area contributed by atoms with E-state index < -0.39 is 0 Å². The van der Waals surface area contributed by atoms with E-state index >= 15 is 0 Å². The number of carbonyl (C=O) groups is 1. The molecule has 3 nitrogen and oxygen atoms in total. The molecule has 0 aromatic heterocycles. The van der Waals surface area contributed by atoms with Gasteiger partial charge in [-0.15, -0.1) is 0 Å². The molecule has 110 valence electrons. The molecule has 1 unspecified atom stereocenters. The number of rotatable bonds is 4. The van der Waals surface area contributed by atoms with Crippen LogP contribution in [0.3, 0.4) is 0 Å². The van der Waals surface area contributed by atoms with Crippen molar-refractivity contribution in [2.75, 3.05) is 19.6 Å². The minimum Gasteiger partial charge on any atom is -0.355 e. The fraction of sp³-hybridized carbons (Fsp3) is 0.588. The Labute approximate surface area is 122 Å². The van der Waals surface area contributed by atoms with Crippen LogP contribution < -0.4 is 10.6 Å². The van der Waals surface area contributed by atoms with E-state index in [2.05, 4.69) is 43.5 Å². The molecule has 0 spiro atoms. The summed E-state index contributed by atoms with van der Waals surface area (Å²) in [5, 5.41) is 6.48. The molecule has 1 saturated heterocycles. The monoisotopic (exact) mass is 274 g/mol. The van der Waals surface area contributed by atoms with Crippen molar-refractivity contribution in [2.24, 2.45) is 5.41 Å². The molecule has 2 rings (SSSR count). The molecule has 0 radical (unpaired) electrons. The molecule has 1 aliphatic heterocycles. The van der Waals surface area contributed by atoms with Crippen molar-refractivity contribution < 1.29 is 4.79 Å². The molecule has 20 heavy (non-hydrogen) atoms. The van der Waals surface area contributed by atoms with Gasteiger partial charge in [0.05, 0.1) is 5.41 Å². The summed E-state index contributed by atoms with van der Waals surface area (Å²) in [6.45, 7) is 8.88. The Morgan fingerprint density at radius 1 is 1.35 bits per heavy atom. The molecule has 1 aromatic rings. The molecular formula is C17H26N2O. The minimum absolute atomic E-state index is 0.0463. The fourth-order valence-electron chi connectivity index (χ4n) is 2.76. The Morgan fingerprint density at radius 2 is 2.05 bits per heavy atom. The first-order chi connectivity index (χ1) is 9.44. The van der Waals surface area contributed by atoms with Gasteiger partial charge < -0.3 is 10.6 Å². The molecule has 0 bridgehead atoms. The first-order valence-corrected chi connectivity index (χ1v) is 7.49. The van der Waals surface area contributed by atoms with E-state index in [-0.39, 0.29) is 16.7 Å². The van der Waals surface area contributed by atoms with Crippen LogP contribution in [0.1, 0.15) is 39.2 Å². The van der Waals surface area contributed by atoms with E-state index in [0.29, 0.717) is 6.54 Å². The van der Waals surface area contributed by atoms with Crippen LogP contribution in [-0.4, -0.2) is 25.5 Å². The van der Waals surface area contributed by atoms with Crippen LogP contribution in [-0.2, 0) is 10.2 Å². The summed E-state index contributed by atoms with van der Waals surface area (Å²) in [4.78, 5) is 12.4. The first-order valence-electron chi connectivity index (χ1n) is 7.49. The van der Waals surface area contributed by atoms with E-state index in [9.17, 15) is 4.79 Å². The highest BCUT2D eigenvalue weighted by Crippen LogP contribution is 2.27. The summed E-state index contributed by atoms with van der Waals surface area (Å²) in [5.74, 6) is 0.175. The third kappa shape index (κ3) is 3.40. The van der Waals surface area contributed by atoms with Crippen LogP contribution in [0.4, 0.5) is 0 Å². The van der Waals surface area contributed by atoms with Gasteiger partial charge >= 0.3 is 0 Å². The average Bonchev–Trinajstić information content (AvgIpc) is 2.46. The summed E-state index contributed by atoms with van der Waals surface area (Å²) < 4.78 is 0. The van der Waals surface area contributed by atoms with Crippen molar-refractivity contribution in [3.05, 3.63) is 35.9 Å². The molecule has 1 heterocycles. The van der Waals surface area contributed by atoms with Gasteiger partial charge in [-0.25, -0.2) is 0 Å². The van der Waals surface area contributed by atoms with Gasteiger partial charge in [-0.05, 0) is 31.9 Å². The third-order valence-electron chi connectivity index (χ3n) is 4.39. The second kappa shape index (κ2) is 5.96. The lowest BCUT2D eigenvalue weighted by atomic mass is 9.80. The maximum absolute atomic E-state index is 12.4. The topological polar surface area (TPSA) is 41.1 Å². The SMILES string of the molecule is CC1(C(=O)NCC(C)(C)c2ccccc2)CCCNC1. The van der Waals surface area contributed by atoms with Gasteiger partial charge in [0.1, 0.15) is 0 Å². The molecule has 1 atom stereocenters. The number of hydrogen-bond acceptors (Lipinski definition) is 2. The van der Waals surface area contributed by atoms with Crippen molar-refractivity contribution in [3.8, 4) is 0 Å². The van der Waals surface area contributed by atoms with E-state index in [4.69, 9.17) is 0 Å². The fourth-order valence-corrected chi connectivity index (χ4v) is 2.76. The van der Waals surface area contributed by atoms with Gasteiger partial charge in [-0.3, -0.25) is 4.79 Å². The quantitative estimate of drug-likeness (QED) is 0.885. The lowest BCUT2D eigenvalue weighted by Gasteiger charge is -2.34. The number of benzene rings is 1. The van der Waals surface area contributed by atoms with Gasteiger partial charge in [-0.2, -0.15) is 0 Å². The number of amides is 1. The van der Waals surface area contributed by atoms with Crippen molar-refractivity contribution in [1.29, 1.82) is 0 Å². The summed E-state index contributed by atoms with van der Waals surface area (Å²) in [6.07, 6.45) is 2.05. The van der Waals surface area contributed by atoms with E-state index in [0.717, 1.165) is 25.9 Å².